The molecule has 2 amide bonds. The first kappa shape index (κ1) is 25.1. The number of anilines is 1. The maximum absolute atomic E-state index is 13.4. The fourth-order valence-electron chi connectivity index (χ4n) is 4.68. The Labute approximate surface area is 205 Å². The van der Waals surface area contributed by atoms with E-state index < -0.39 is 5.97 Å². The molecule has 0 bridgehead atoms. The highest BCUT2D eigenvalue weighted by molar-refractivity contribution is 5.91. The van der Waals surface area contributed by atoms with Gasteiger partial charge in [-0.3, -0.25) is 0 Å². The monoisotopic (exact) mass is 484 g/mol. The van der Waals surface area contributed by atoms with Crippen molar-refractivity contribution >= 4 is 17.7 Å². The number of nitrogens with zero attached hydrogens (tertiary/aromatic N) is 1. The second-order valence-corrected chi connectivity index (χ2v) is 9.37. The Hall–Kier alpha value is -2.97. The maximum atomic E-state index is 13.4. The Bertz CT molecular complexity index is 1040. The van der Waals surface area contributed by atoms with Crippen molar-refractivity contribution in [2.75, 3.05) is 18.5 Å². The molecule has 188 valence electrons. The number of nitrogens with one attached hydrogen (secondary N) is 1. The lowest BCUT2D eigenvalue weighted by Gasteiger charge is -2.30. The number of carbonyl (C=O) groups excluding carboxylic acids is 1. The molecule has 0 aromatic heterocycles. The minimum atomic E-state index is -0.937. The SMILES string of the molecule is Cc1cccc(COC2CCCC(OCCN(C(=O)Nc3cccc(F)c3)C3CC3)C2)c1C(=O)O. The number of ether oxygens (including phenoxy) is 2. The van der Waals surface area contributed by atoms with Crippen LogP contribution in [0.2, 0.25) is 0 Å². The number of aromatic carboxylic acids is 1. The van der Waals surface area contributed by atoms with Crippen molar-refractivity contribution in [2.24, 2.45) is 0 Å². The molecule has 0 aliphatic heterocycles. The van der Waals surface area contributed by atoms with Crippen LogP contribution in [0.5, 0.6) is 0 Å². The molecule has 7 nitrogen and oxygen atoms in total. The number of hydrogen-bond donors (Lipinski definition) is 2. The third-order valence-corrected chi connectivity index (χ3v) is 6.64. The van der Waals surface area contributed by atoms with E-state index in [1.54, 1.807) is 36.1 Å². The molecule has 0 saturated heterocycles. The highest BCUT2D eigenvalue weighted by Gasteiger charge is 2.33. The zero-order chi connectivity index (χ0) is 24.8. The zero-order valence-electron chi connectivity index (χ0n) is 20.0. The Morgan fingerprint density at radius 1 is 1.09 bits per heavy atom. The normalized spacial score (nSPS) is 19.8. The average Bonchev–Trinajstić information content (AvgIpc) is 3.66. The maximum Gasteiger partial charge on any atom is 0.336 e. The smallest absolute Gasteiger partial charge is 0.336 e. The third kappa shape index (κ3) is 7.02. The standard InChI is InChI=1S/C27H33FN2O5/c1-18-5-2-6-19(25(18)26(31)32)17-35-24-10-4-9-23(16-24)34-14-13-30(22-11-12-22)27(33)29-21-8-3-7-20(28)15-21/h2-3,5-8,15,22-24H,4,9-14,16-17H2,1H3,(H,29,33)(H,31,32). The van der Waals surface area contributed by atoms with E-state index in [0.29, 0.717) is 30.0 Å². The average molecular weight is 485 g/mol. The van der Waals surface area contributed by atoms with Gasteiger partial charge in [0.05, 0.1) is 31.0 Å². The Morgan fingerprint density at radius 3 is 2.54 bits per heavy atom. The summed E-state index contributed by atoms with van der Waals surface area (Å²) in [4.78, 5) is 26.1. The molecule has 2 aliphatic rings. The van der Waals surface area contributed by atoms with E-state index in [1.165, 1.54) is 12.1 Å². The summed E-state index contributed by atoms with van der Waals surface area (Å²) < 4.78 is 25.6. The summed E-state index contributed by atoms with van der Waals surface area (Å²) in [6.07, 6.45) is 5.54. The van der Waals surface area contributed by atoms with Gasteiger partial charge in [-0.1, -0.05) is 24.3 Å². The highest BCUT2D eigenvalue weighted by Crippen LogP contribution is 2.29. The molecule has 4 rings (SSSR count). The highest BCUT2D eigenvalue weighted by atomic mass is 19.1. The van der Waals surface area contributed by atoms with Gasteiger partial charge in [-0.2, -0.15) is 0 Å². The number of amides is 2. The lowest BCUT2D eigenvalue weighted by Crippen LogP contribution is -2.40. The molecule has 8 heteroatoms. The summed E-state index contributed by atoms with van der Waals surface area (Å²) in [5.41, 5.74) is 2.16. The van der Waals surface area contributed by atoms with E-state index in [1.807, 2.05) is 6.07 Å². The van der Waals surface area contributed by atoms with E-state index in [-0.39, 0.29) is 36.7 Å². The van der Waals surface area contributed by atoms with Crippen LogP contribution in [-0.4, -0.2) is 53.4 Å². The van der Waals surface area contributed by atoms with Crippen LogP contribution in [0.15, 0.2) is 42.5 Å². The molecule has 0 spiro atoms. The number of carbonyl (C=O) groups is 2. The van der Waals surface area contributed by atoms with Crippen LogP contribution in [0.1, 0.15) is 60.0 Å². The summed E-state index contributed by atoms with van der Waals surface area (Å²) in [5.74, 6) is -1.33. The van der Waals surface area contributed by atoms with Gasteiger partial charge >= 0.3 is 12.0 Å². The van der Waals surface area contributed by atoms with Gasteiger partial charge in [0, 0.05) is 18.3 Å². The first-order valence-electron chi connectivity index (χ1n) is 12.3. The van der Waals surface area contributed by atoms with E-state index in [0.717, 1.165) is 44.1 Å². The zero-order valence-corrected chi connectivity index (χ0v) is 20.0. The van der Waals surface area contributed by atoms with Crippen LogP contribution in [0.4, 0.5) is 14.9 Å². The van der Waals surface area contributed by atoms with Gasteiger partial charge < -0.3 is 24.8 Å². The van der Waals surface area contributed by atoms with Crippen molar-refractivity contribution in [1.29, 1.82) is 0 Å². The van der Waals surface area contributed by atoms with E-state index >= 15 is 0 Å². The number of halogens is 1. The lowest BCUT2D eigenvalue weighted by molar-refractivity contribution is -0.0524. The molecule has 2 saturated carbocycles. The summed E-state index contributed by atoms with van der Waals surface area (Å²) in [6, 6.07) is 11.3. The topological polar surface area (TPSA) is 88.1 Å². The van der Waals surface area contributed by atoms with Crippen molar-refractivity contribution < 1.29 is 28.6 Å². The fraction of sp³-hybridized carbons (Fsp3) is 0.481. The van der Waals surface area contributed by atoms with Crippen molar-refractivity contribution in [3.8, 4) is 0 Å². The minimum absolute atomic E-state index is 0.00622. The molecule has 2 aliphatic carbocycles. The van der Waals surface area contributed by atoms with E-state index in [4.69, 9.17) is 9.47 Å². The number of aryl methyl sites for hydroxylation is 1. The number of benzene rings is 2. The quantitative estimate of drug-likeness (QED) is 0.473. The van der Waals surface area contributed by atoms with Crippen LogP contribution >= 0.6 is 0 Å². The van der Waals surface area contributed by atoms with Gasteiger partial charge in [-0.15, -0.1) is 0 Å². The molecule has 2 unspecified atom stereocenters. The third-order valence-electron chi connectivity index (χ3n) is 6.64. The molecular weight excluding hydrogens is 451 g/mol. The van der Waals surface area contributed by atoms with Gasteiger partial charge in [0.2, 0.25) is 0 Å². The number of urea groups is 1. The van der Waals surface area contributed by atoms with Crippen LogP contribution in [-0.2, 0) is 16.1 Å². The summed E-state index contributed by atoms with van der Waals surface area (Å²) >= 11 is 0. The first-order chi connectivity index (χ1) is 16.9. The van der Waals surface area contributed by atoms with Crippen LogP contribution in [0, 0.1) is 12.7 Å². The number of carboxylic acids is 1. The second kappa shape index (κ2) is 11.6. The molecule has 2 aromatic rings. The van der Waals surface area contributed by atoms with Crippen LogP contribution in [0.3, 0.4) is 0 Å². The Kier molecular flexibility index (Phi) is 8.36. The van der Waals surface area contributed by atoms with Gasteiger partial charge in [-0.05, 0) is 74.8 Å². The van der Waals surface area contributed by atoms with Crippen LogP contribution in [0.25, 0.3) is 0 Å². The molecule has 2 fully saturated rings. The predicted octanol–water partition coefficient (Wildman–Crippen LogP) is 5.37. The van der Waals surface area contributed by atoms with E-state index in [9.17, 15) is 19.1 Å². The molecule has 2 aromatic carbocycles. The largest absolute Gasteiger partial charge is 0.478 e. The fourth-order valence-corrected chi connectivity index (χ4v) is 4.68. The van der Waals surface area contributed by atoms with E-state index in [2.05, 4.69) is 5.32 Å². The second-order valence-electron chi connectivity index (χ2n) is 9.37. The Morgan fingerprint density at radius 2 is 1.83 bits per heavy atom. The van der Waals surface area contributed by atoms with Crippen molar-refractivity contribution in [1.82, 2.24) is 4.90 Å². The molecule has 0 heterocycles. The minimum Gasteiger partial charge on any atom is -0.478 e. The van der Waals surface area contributed by atoms with Gasteiger partial charge in [0.15, 0.2) is 0 Å². The van der Waals surface area contributed by atoms with Crippen molar-refractivity contribution in [3.05, 3.63) is 65.0 Å². The Balaban J connectivity index is 1.24. The summed E-state index contributed by atoms with van der Waals surface area (Å²) in [5, 5.41) is 12.3. The van der Waals surface area contributed by atoms with Crippen LogP contribution < -0.4 is 5.32 Å². The van der Waals surface area contributed by atoms with Gasteiger partial charge in [0.1, 0.15) is 5.82 Å². The first-order valence-corrected chi connectivity index (χ1v) is 12.3. The molecule has 0 radical (unpaired) electrons. The number of rotatable bonds is 10. The summed E-state index contributed by atoms with van der Waals surface area (Å²) in [7, 11) is 0. The van der Waals surface area contributed by atoms with Crippen molar-refractivity contribution in [2.45, 2.75) is 70.3 Å². The summed E-state index contributed by atoms with van der Waals surface area (Å²) in [6.45, 7) is 2.95. The van der Waals surface area contributed by atoms with Gasteiger partial charge in [-0.25, -0.2) is 14.0 Å². The number of hydrogen-bond acceptors (Lipinski definition) is 4. The molecular formula is C27H33FN2O5. The van der Waals surface area contributed by atoms with Gasteiger partial charge in [0.25, 0.3) is 0 Å². The number of carboxylic acid groups (broad SMARTS) is 1. The molecule has 2 atom stereocenters. The molecule has 2 N–H and O–H groups in total. The van der Waals surface area contributed by atoms with Crippen molar-refractivity contribution in [3.63, 3.8) is 0 Å². The lowest BCUT2D eigenvalue weighted by atomic mass is 9.94. The predicted molar refractivity (Wildman–Crippen MR) is 130 cm³/mol. The molecule has 35 heavy (non-hydrogen) atoms.